The van der Waals surface area contributed by atoms with E-state index in [0.29, 0.717) is 15.7 Å². The molecule has 0 bridgehead atoms. The Morgan fingerprint density at radius 1 is 1.38 bits per heavy atom. The van der Waals surface area contributed by atoms with Crippen molar-refractivity contribution in [3.05, 3.63) is 10.6 Å². The van der Waals surface area contributed by atoms with Crippen LogP contribution < -0.4 is 5.32 Å². The Hall–Kier alpha value is -1.48. The van der Waals surface area contributed by atoms with Gasteiger partial charge < -0.3 is 10.1 Å². The third-order valence-corrected chi connectivity index (χ3v) is 4.51. The van der Waals surface area contributed by atoms with Crippen molar-refractivity contribution >= 4 is 38.2 Å². The van der Waals surface area contributed by atoms with Crippen molar-refractivity contribution in [2.75, 3.05) is 23.9 Å². The quantitative estimate of drug-likeness (QED) is 0.756. The number of hydrogen-bond donors (Lipinski definition) is 1. The van der Waals surface area contributed by atoms with E-state index in [0.717, 1.165) is 17.6 Å². The molecule has 0 aliphatic rings. The van der Waals surface area contributed by atoms with E-state index in [9.17, 15) is 18.0 Å². The van der Waals surface area contributed by atoms with Gasteiger partial charge in [0, 0.05) is 12.7 Å². The van der Waals surface area contributed by atoms with Gasteiger partial charge in [0.05, 0.1) is 18.1 Å². The third-order valence-electron chi connectivity index (χ3n) is 2.42. The molecule has 1 aromatic rings. The van der Waals surface area contributed by atoms with Gasteiger partial charge in [-0.05, 0) is 20.3 Å². The minimum Gasteiger partial charge on any atom is -0.462 e. The Kier molecular flexibility index (Phi) is 6.28. The molecule has 1 heterocycles. The summed E-state index contributed by atoms with van der Waals surface area (Å²) in [7, 11) is -3.07. The minimum absolute atomic E-state index is 0.0363. The summed E-state index contributed by atoms with van der Waals surface area (Å²) in [6.07, 6.45) is 1.46. The predicted molar refractivity (Wildman–Crippen MR) is 80.4 cm³/mol. The molecule has 1 amide bonds. The fourth-order valence-corrected chi connectivity index (χ4v) is 3.06. The average Bonchev–Trinajstić information content (AvgIpc) is 2.68. The standard InChI is InChI=1S/C12H18N2O5S2/c1-4-19-11(16)10-8(2)13-12(20-10)14-9(15)6-5-7-21(3,17)18/h4-7H2,1-3H3,(H,13,14,15). The van der Waals surface area contributed by atoms with E-state index < -0.39 is 15.8 Å². The molecule has 118 valence electrons. The van der Waals surface area contributed by atoms with Gasteiger partial charge in [-0.25, -0.2) is 18.2 Å². The number of thiazole rings is 1. The Labute approximate surface area is 127 Å². The number of hydrogen-bond acceptors (Lipinski definition) is 7. The number of aromatic nitrogens is 1. The van der Waals surface area contributed by atoms with Gasteiger partial charge in [0.25, 0.3) is 0 Å². The van der Waals surface area contributed by atoms with Gasteiger partial charge in [-0.2, -0.15) is 0 Å². The molecule has 1 aromatic heterocycles. The highest BCUT2D eigenvalue weighted by molar-refractivity contribution is 7.90. The van der Waals surface area contributed by atoms with Crippen molar-refractivity contribution in [1.82, 2.24) is 4.98 Å². The number of nitrogens with zero attached hydrogens (tertiary/aromatic N) is 1. The molecule has 0 saturated heterocycles. The van der Waals surface area contributed by atoms with Crippen molar-refractivity contribution in [2.45, 2.75) is 26.7 Å². The Bertz CT molecular complexity index is 622. The van der Waals surface area contributed by atoms with Gasteiger partial charge in [0.2, 0.25) is 5.91 Å². The molecule has 0 fully saturated rings. The summed E-state index contributed by atoms with van der Waals surface area (Å²) in [5, 5.41) is 2.86. The second kappa shape index (κ2) is 7.51. The van der Waals surface area contributed by atoms with Crippen LogP contribution in [0.25, 0.3) is 0 Å². The van der Waals surface area contributed by atoms with Crippen LogP contribution in [0, 0.1) is 6.92 Å². The van der Waals surface area contributed by atoms with Crippen molar-refractivity contribution in [1.29, 1.82) is 0 Å². The van der Waals surface area contributed by atoms with Crippen LogP contribution >= 0.6 is 11.3 Å². The maximum Gasteiger partial charge on any atom is 0.350 e. The van der Waals surface area contributed by atoms with Crippen LogP contribution in [-0.2, 0) is 19.4 Å². The second-order valence-corrected chi connectivity index (χ2v) is 7.69. The van der Waals surface area contributed by atoms with E-state index in [-0.39, 0.29) is 31.1 Å². The number of anilines is 1. The summed E-state index contributed by atoms with van der Waals surface area (Å²) in [5.41, 5.74) is 0.491. The predicted octanol–water partition coefficient (Wildman–Crippen LogP) is 1.39. The minimum atomic E-state index is -3.07. The zero-order valence-electron chi connectivity index (χ0n) is 12.1. The van der Waals surface area contributed by atoms with Gasteiger partial charge in [0.1, 0.15) is 14.7 Å². The van der Waals surface area contributed by atoms with Crippen molar-refractivity contribution in [2.24, 2.45) is 0 Å². The van der Waals surface area contributed by atoms with E-state index in [1.807, 2.05) is 0 Å². The van der Waals surface area contributed by atoms with Crippen LogP contribution in [0.5, 0.6) is 0 Å². The molecule has 7 nitrogen and oxygen atoms in total. The average molecular weight is 334 g/mol. The number of carbonyl (C=O) groups is 2. The molecule has 1 rings (SSSR count). The van der Waals surface area contributed by atoms with Gasteiger partial charge >= 0.3 is 5.97 Å². The highest BCUT2D eigenvalue weighted by Crippen LogP contribution is 2.23. The Morgan fingerprint density at radius 3 is 2.62 bits per heavy atom. The number of esters is 1. The highest BCUT2D eigenvalue weighted by atomic mass is 32.2. The Morgan fingerprint density at radius 2 is 2.05 bits per heavy atom. The lowest BCUT2D eigenvalue weighted by Crippen LogP contribution is -2.13. The maximum absolute atomic E-state index is 11.7. The van der Waals surface area contributed by atoms with E-state index in [1.54, 1.807) is 13.8 Å². The number of rotatable bonds is 7. The van der Waals surface area contributed by atoms with Gasteiger partial charge in [0.15, 0.2) is 5.13 Å². The molecule has 0 saturated carbocycles. The number of nitrogens with one attached hydrogen (secondary N) is 1. The molecule has 0 atom stereocenters. The summed E-state index contributed by atoms with van der Waals surface area (Å²) in [4.78, 5) is 27.7. The van der Waals surface area contributed by atoms with Crippen molar-refractivity contribution in [3.8, 4) is 0 Å². The van der Waals surface area contributed by atoms with Crippen LogP contribution in [0.4, 0.5) is 5.13 Å². The SMILES string of the molecule is CCOC(=O)c1sc(NC(=O)CCCS(C)(=O)=O)nc1C. The van der Waals surface area contributed by atoms with E-state index >= 15 is 0 Å². The summed E-state index contributed by atoms with van der Waals surface area (Å²) >= 11 is 1.04. The molecule has 0 radical (unpaired) electrons. The number of sulfone groups is 1. The summed E-state index contributed by atoms with van der Waals surface area (Å²) in [6, 6.07) is 0. The van der Waals surface area contributed by atoms with Crippen LogP contribution in [0.2, 0.25) is 0 Å². The molecule has 0 unspecified atom stereocenters. The first-order valence-corrected chi connectivity index (χ1v) is 9.22. The molecule has 1 N–H and O–H groups in total. The van der Waals surface area contributed by atoms with Crippen molar-refractivity contribution < 1.29 is 22.7 Å². The molecule has 0 spiro atoms. The fraction of sp³-hybridized carbons (Fsp3) is 0.583. The molecule has 0 aliphatic carbocycles. The lowest BCUT2D eigenvalue weighted by atomic mass is 10.3. The van der Waals surface area contributed by atoms with Crippen molar-refractivity contribution in [3.63, 3.8) is 0 Å². The second-order valence-electron chi connectivity index (χ2n) is 4.44. The molecule has 0 aliphatic heterocycles. The lowest BCUT2D eigenvalue weighted by molar-refractivity contribution is -0.116. The molecular formula is C12H18N2O5S2. The summed E-state index contributed by atoms with van der Waals surface area (Å²) in [6.45, 7) is 3.63. The number of aryl methyl sites for hydroxylation is 1. The topological polar surface area (TPSA) is 102 Å². The molecule has 0 aromatic carbocycles. The number of ether oxygens (including phenoxy) is 1. The first-order chi connectivity index (χ1) is 9.73. The van der Waals surface area contributed by atoms with Gasteiger partial charge in [-0.1, -0.05) is 11.3 Å². The first kappa shape index (κ1) is 17.6. The number of amides is 1. The van der Waals surface area contributed by atoms with E-state index in [2.05, 4.69) is 10.3 Å². The van der Waals surface area contributed by atoms with Crippen LogP contribution in [0.15, 0.2) is 0 Å². The van der Waals surface area contributed by atoms with Crippen LogP contribution in [-0.4, -0.2) is 43.9 Å². The zero-order valence-corrected chi connectivity index (χ0v) is 13.8. The normalized spacial score (nSPS) is 11.2. The zero-order chi connectivity index (χ0) is 16.0. The number of carbonyl (C=O) groups excluding carboxylic acids is 2. The molecule has 21 heavy (non-hydrogen) atoms. The molecular weight excluding hydrogens is 316 g/mol. The highest BCUT2D eigenvalue weighted by Gasteiger charge is 2.17. The smallest absolute Gasteiger partial charge is 0.350 e. The largest absolute Gasteiger partial charge is 0.462 e. The maximum atomic E-state index is 11.7. The van der Waals surface area contributed by atoms with Crippen LogP contribution in [0.1, 0.15) is 35.1 Å². The first-order valence-electron chi connectivity index (χ1n) is 6.35. The van der Waals surface area contributed by atoms with Crippen LogP contribution in [0.3, 0.4) is 0 Å². The lowest BCUT2D eigenvalue weighted by Gasteiger charge is -2.00. The monoisotopic (exact) mass is 334 g/mol. The Balaban J connectivity index is 2.57. The summed E-state index contributed by atoms with van der Waals surface area (Å²) < 4.78 is 26.8. The summed E-state index contributed by atoms with van der Waals surface area (Å²) in [5.74, 6) is -0.835. The van der Waals surface area contributed by atoms with E-state index in [4.69, 9.17) is 4.74 Å². The fourth-order valence-electron chi connectivity index (χ4n) is 1.51. The van der Waals surface area contributed by atoms with E-state index in [1.165, 1.54) is 0 Å². The van der Waals surface area contributed by atoms with Gasteiger partial charge in [-0.15, -0.1) is 0 Å². The van der Waals surface area contributed by atoms with Gasteiger partial charge in [-0.3, -0.25) is 4.79 Å². The molecule has 9 heteroatoms. The third kappa shape index (κ3) is 6.21.